The second kappa shape index (κ2) is 7.54. The number of benzene rings is 2. The highest BCUT2D eigenvalue weighted by Crippen LogP contribution is 2.27. The highest BCUT2D eigenvalue weighted by molar-refractivity contribution is 5.97. The summed E-state index contributed by atoms with van der Waals surface area (Å²) in [7, 11) is 3.18. The summed E-state index contributed by atoms with van der Waals surface area (Å²) in [5.41, 5.74) is 2.52. The van der Waals surface area contributed by atoms with Crippen molar-refractivity contribution in [1.82, 2.24) is 0 Å². The van der Waals surface area contributed by atoms with E-state index in [1.165, 1.54) is 0 Å². The van der Waals surface area contributed by atoms with Crippen molar-refractivity contribution >= 4 is 17.3 Å². The third-order valence-electron chi connectivity index (χ3n) is 3.49. The van der Waals surface area contributed by atoms with Gasteiger partial charge in [0.2, 0.25) is 5.91 Å². The standard InChI is InChI=1S/C18H22N2O3/c1-12-9-10-17(23-4)15(11-12)19-13(2)18(21)20-14-7-5-6-8-16(14)22-3/h5-11,13,19H,1-4H3,(H,20,21)/t13-/m1/s1. The third-order valence-corrected chi connectivity index (χ3v) is 3.49. The molecule has 0 fully saturated rings. The van der Waals surface area contributed by atoms with Gasteiger partial charge in [-0.15, -0.1) is 0 Å². The Morgan fingerprint density at radius 3 is 2.35 bits per heavy atom. The summed E-state index contributed by atoms with van der Waals surface area (Å²) in [4.78, 5) is 12.4. The van der Waals surface area contributed by atoms with Crippen LogP contribution in [0.4, 0.5) is 11.4 Å². The number of hydrogen-bond donors (Lipinski definition) is 2. The van der Waals surface area contributed by atoms with Crippen LogP contribution in [0.15, 0.2) is 42.5 Å². The number of aryl methyl sites for hydroxylation is 1. The lowest BCUT2D eigenvalue weighted by Crippen LogP contribution is -2.32. The van der Waals surface area contributed by atoms with Gasteiger partial charge in [0.15, 0.2) is 0 Å². The third kappa shape index (κ3) is 4.16. The van der Waals surface area contributed by atoms with Crippen molar-refractivity contribution in [2.24, 2.45) is 0 Å². The predicted octanol–water partition coefficient (Wildman–Crippen LogP) is 3.45. The molecule has 23 heavy (non-hydrogen) atoms. The average molecular weight is 314 g/mol. The minimum Gasteiger partial charge on any atom is -0.495 e. The molecule has 2 aromatic carbocycles. The molecule has 122 valence electrons. The van der Waals surface area contributed by atoms with Gasteiger partial charge in [0, 0.05) is 0 Å². The Labute approximate surface area is 136 Å². The first kappa shape index (κ1) is 16.7. The summed E-state index contributed by atoms with van der Waals surface area (Å²) in [6, 6.07) is 12.7. The van der Waals surface area contributed by atoms with Crippen LogP contribution in [0.3, 0.4) is 0 Å². The predicted molar refractivity (Wildman–Crippen MR) is 92.4 cm³/mol. The van der Waals surface area contributed by atoms with Crippen molar-refractivity contribution in [3.8, 4) is 11.5 Å². The normalized spacial score (nSPS) is 11.5. The van der Waals surface area contributed by atoms with Crippen LogP contribution in [-0.2, 0) is 4.79 Å². The van der Waals surface area contributed by atoms with Crippen LogP contribution < -0.4 is 20.1 Å². The molecule has 0 heterocycles. The Bertz CT molecular complexity index is 686. The van der Waals surface area contributed by atoms with Gasteiger partial charge in [-0.3, -0.25) is 4.79 Å². The highest BCUT2D eigenvalue weighted by Gasteiger charge is 2.16. The van der Waals surface area contributed by atoms with Gasteiger partial charge in [0.25, 0.3) is 0 Å². The van der Waals surface area contributed by atoms with Crippen molar-refractivity contribution < 1.29 is 14.3 Å². The number of ether oxygens (including phenoxy) is 2. The molecule has 2 rings (SSSR count). The maximum absolute atomic E-state index is 12.4. The van der Waals surface area contributed by atoms with E-state index in [4.69, 9.17) is 9.47 Å². The van der Waals surface area contributed by atoms with Crippen LogP contribution in [0.1, 0.15) is 12.5 Å². The number of para-hydroxylation sites is 2. The lowest BCUT2D eigenvalue weighted by atomic mass is 10.2. The zero-order valence-electron chi connectivity index (χ0n) is 13.8. The van der Waals surface area contributed by atoms with Gasteiger partial charge in [-0.1, -0.05) is 18.2 Å². The SMILES string of the molecule is COc1ccccc1NC(=O)[C@@H](C)Nc1cc(C)ccc1OC. The van der Waals surface area contributed by atoms with Crippen LogP contribution >= 0.6 is 0 Å². The zero-order valence-corrected chi connectivity index (χ0v) is 13.8. The van der Waals surface area contributed by atoms with Gasteiger partial charge in [-0.2, -0.15) is 0 Å². The van der Waals surface area contributed by atoms with E-state index in [-0.39, 0.29) is 5.91 Å². The van der Waals surface area contributed by atoms with E-state index in [1.54, 1.807) is 33.3 Å². The highest BCUT2D eigenvalue weighted by atomic mass is 16.5. The van der Waals surface area contributed by atoms with E-state index < -0.39 is 6.04 Å². The van der Waals surface area contributed by atoms with Crippen molar-refractivity contribution in [2.45, 2.75) is 19.9 Å². The molecule has 0 aliphatic rings. The van der Waals surface area contributed by atoms with E-state index >= 15 is 0 Å². The lowest BCUT2D eigenvalue weighted by Gasteiger charge is -2.18. The first-order valence-electron chi connectivity index (χ1n) is 7.40. The first-order valence-corrected chi connectivity index (χ1v) is 7.40. The fourth-order valence-corrected chi connectivity index (χ4v) is 2.22. The molecule has 0 aromatic heterocycles. The van der Waals surface area contributed by atoms with Crippen molar-refractivity contribution in [3.63, 3.8) is 0 Å². The fraction of sp³-hybridized carbons (Fsp3) is 0.278. The summed E-state index contributed by atoms with van der Waals surface area (Å²) in [5, 5.41) is 6.05. The fourth-order valence-electron chi connectivity index (χ4n) is 2.22. The Morgan fingerprint density at radius 2 is 1.65 bits per heavy atom. The molecule has 2 aromatic rings. The maximum atomic E-state index is 12.4. The summed E-state index contributed by atoms with van der Waals surface area (Å²) >= 11 is 0. The van der Waals surface area contributed by atoms with E-state index in [0.717, 1.165) is 11.3 Å². The lowest BCUT2D eigenvalue weighted by molar-refractivity contribution is -0.116. The summed E-state index contributed by atoms with van der Waals surface area (Å²) < 4.78 is 10.6. The molecule has 5 heteroatoms. The number of anilines is 2. The molecule has 0 aliphatic heterocycles. The van der Waals surface area contributed by atoms with Crippen LogP contribution in [0, 0.1) is 6.92 Å². The monoisotopic (exact) mass is 314 g/mol. The molecule has 1 atom stereocenters. The molecule has 0 saturated heterocycles. The second-order valence-electron chi connectivity index (χ2n) is 5.26. The summed E-state index contributed by atoms with van der Waals surface area (Å²) in [5.74, 6) is 1.17. The minimum atomic E-state index is -0.435. The number of rotatable bonds is 6. The minimum absolute atomic E-state index is 0.155. The molecule has 5 nitrogen and oxygen atoms in total. The molecular weight excluding hydrogens is 292 g/mol. The summed E-state index contributed by atoms with van der Waals surface area (Å²) in [6.45, 7) is 3.79. The Balaban J connectivity index is 2.10. The molecule has 2 N–H and O–H groups in total. The van der Waals surface area contributed by atoms with E-state index in [9.17, 15) is 4.79 Å². The smallest absolute Gasteiger partial charge is 0.246 e. The van der Waals surface area contributed by atoms with Gasteiger partial charge >= 0.3 is 0 Å². The average Bonchev–Trinajstić information content (AvgIpc) is 2.55. The number of methoxy groups -OCH3 is 2. The van der Waals surface area contributed by atoms with Crippen LogP contribution in [0.5, 0.6) is 11.5 Å². The molecule has 0 spiro atoms. The van der Waals surface area contributed by atoms with E-state index in [2.05, 4.69) is 10.6 Å². The number of nitrogens with one attached hydrogen (secondary N) is 2. The van der Waals surface area contributed by atoms with Crippen LogP contribution in [0.25, 0.3) is 0 Å². The number of amides is 1. The van der Waals surface area contributed by atoms with Crippen LogP contribution in [0.2, 0.25) is 0 Å². The molecule has 0 unspecified atom stereocenters. The Morgan fingerprint density at radius 1 is 1.00 bits per heavy atom. The Kier molecular flexibility index (Phi) is 5.46. The molecule has 0 bridgehead atoms. The summed E-state index contributed by atoms with van der Waals surface area (Å²) in [6.07, 6.45) is 0. The van der Waals surface area contributed by atoms with Crippen molar-refractivity contribution in [1.29, 1.82) is 0 Å². The molecule has 0 radical (unpaired) electrons. The van der Waals surface area contributed by atoms with Gasteiger partial charge in [-0.25, -0.2) is 0 Å². The largest absolute Gasteiger partial charge is 0.495 e. The number of hydrogen-bond acceptors (Lipinski definition) is 4. The first-order chi connectivity index (χ1) is 11.0. The maximum Gasteiger partial charge on any atom is 0.246 e. The Hall–Kier alpha value is -2.69. The van der Waals surface area contributed by atoms with Crippen molar-refractivity contribution in [2.75, 3.05) is 24.9 Å². The van der Waals surface area contributed by atoms with E-state index in [1.807, 2.05) is 37.3 Å². The zero-order chi connectivity index (χ0) is 16.8. The van der Waals surface area contributed by atoms with Crippen LogP contribution in [-0.4, -0.2) is 26.2 Å². The molecule has 0 saturated carbocycles. The van der Waals surface area contributed by atoms with Crippen molar-refractivity contribution in [3.05, 3.63) is 48.0 Å². The van der Waals surface area contributed by atoms with E-state index in [0.29, 0.717) is 17.2 Å². The van der Waals surface area contributed by atoms with Gasteiger partial charge in [0.1, 0.15) is 17.5 Å². The second-order valence-corrected chi connectivity index (χ2v) is 5.26. The quantitative estimate of drug-likeness (QED) is 0.857. The number of carbonyl (C=O) groups excluding carboxylic acids is 1. The van der Waals surface area contributed by atoms with Gasteiger partial charge < -0.3 is 20.1 Å². The van der Waals surface area contributed by atoms with Gasteiger partial charge in [0.05, 0.1) is 25.6 Å². The topological polar surface area (TPSA) is 59.6 Å². The molecular formula is C18H22N2O3. The van der Waals surface area contributed by atoms with Gasteiger partial charge in [-0.05, 0) is 43.7 Å². The molecule has 0 aliphatic carbocycles. The number of carbonyl (C=O) groups is 1. The molecule has 1 amide bonds.